The van der Waals surface area contributed by atoms with Crippen LogP contribution in [-0.2, 0) is 14.4 Å². The minimum absolute atomic E-state index is 0.0604. The molecule has 2 aromatic rings. The molecule has 1 fully saturated rings. The summed E-state index contributed by atoms with van der Waals surface area (Å²) in [6, 6.07) is 5.44. The maximum Gasteiger partial charge on any atom is 0.422 e. The standard InChI is InChI=1S/C27H22ClF5N6O4S/c28-15-5-4-11(24(34)41)6-14(15)13-2-1-3-16(21(13)30)36-26(43)18-7-12(29)9-38(18)20(40)10-39-17-8-19(27(31,32)33)44-23(17)22(37-39)25(35)42/h1-6,8,12,17-18,23H,7,9-10H2,(H2,34,41)(H2,35,42)(H,36,43)/t12-,17?,18+,23?/m1/s1. The maximum absolute atomic E-state index is 15.6. The molecular formula is C27H22ClF5N6O4S. The van der Waals surface area contributed by atoms with E-state index in [1.165, 1.54) is 36.4 Å². The molecule has 5 N–H and O–H groups in total. The van der Waals surface area contributed by atoms with Crippen molar-refractivity contribution in [1.29, 1.82) is 0 Å². The fraction of sp³-hybridized carbons (Fsp3) is 0.296. The van der Waals surface area contributed by atoms with Gasteiger partial charge in [0.15, 0.2) is 5.82 Å². The smallest absolute Gasteiger partial charge is 0.366 e. The number of hydrazone groups is 1. The molecule has 5 rings (SSSR count). The van der Waals surface area contributed by atoms with Crippen LogP contribution < -0.4 is 16.8 Å². The number of allylic oxidation sites excluding steroid dienone is 1. The highest BCUT2D eigenvalue weighted by atomic mass is 35.5. The number of primary amides is 2. The van der Waals surface area contributed by atoms with Gasteiger partial charge in [0.25, 0.3) is 5.91 Å². The van der Waals surface area contributed by atoms with Crippen LogP contribution >= 0.6 is 23.4 Å². The molecule has 4 atom stereocenters. The second-order valence-corrected chi connectivity index (χ2v) is 11.7. The number of amides is 4. The van der Waals surface area contributed by atoms with E-state index in [1.54, 1.807) is 0 Å². The minimum Gasteiger partial charge on any atom is -0.366 e. The number of rotatable bonds is 7. The van der Waals surface area contributed by atoms with Gasteiger partial charge in [-0.2, -0.15) is 18.3 Å². The predicted molar refractivity (Wildman–Crippen MR) is 152 cm³/mol. The zero-order valence-corrected chi connectivity index (χ0v) is 23.8. The zero-order valence-electron chi connectivity index (χ0n) is 22.3. The zero-order chi connectivity index (χ0) is 32.1. The minimum atomic E-state index is -4.70. The molecule has 232 valence electrons. The van der Waals surface area contributed by atoms with Gasteiger partial charge < -0.3 is 21.7 Å². The summed E-state index contributed by atoms with van der Waals surface area (Å²) in [7, 11) is 0. The van der Waals surface area contributed by atoms with E-state index in [4.69, 9.17) is 23.1 Å². The average Bonchev–Trinajstić information content (AvgIpc) is 3.64. The van der Waals surface area contributed by atoms with Gasteiger partial charge in [-0.1, -0.05) is 23.7 Å². The second kappa shape index (κ2) is 11.7. The third kappa shape index (κ3) is 5.95. The number of hydrogen-bond donors (Lipinski definition) is 3. The van der Waals surface area contributed by atoms with Gasteiger partial charge in [0.1, 0.15) is 24.5 Å². The lowest BCUT2D eigenvalue weighted by atomic mass is 10.0. The first-order valence-corrected chi connectivity index (χ1v) is 14.1. The number of anilines is 1. The Morgan fingerprint density at radius 1 is 1.09 bits per heavy atom. The number of thioether (sulfide) groups is 1. The number of alkyl halides is 4. The van der Waals surface area contributed by atoms with Crippen LogP contribution in [0.5, 0.6) is 0 Å². The highest BCUT2D eigenvalue weighted by Crippen LogP contribution is 2.47. The summed E-state index contributed by atoms with van der Waals surface area (Å²) in [4.78, 5) is 49.9. The Morgan fingerprint density at radius 2 is 1.82 bits per heavy atom. The number of carbonyl (C=O) groups excluding carboxylic acids is 4. The van der Waals surface area contributed by atoms with Crippen molar-refractivity contribution in [3.05, 3.63) is 63.8 Å². The summed E-state index contributed by atoms with van der Waals surface area (Å²) in [6.45, 7) is -1.20. The quantitative estimate of drug-likeness (QED) is 0.390. The number of benzene rings is 2. The first-order valence-electron chi connectivity index (χ1n) is 12.9. The van der Waals surface area contributed by atoms with E-state index in [1.807, 2.05) is 0 Å². The topological polar surface area (TPSA) is 151 Å². The fourth-order valence-corrected chi connectivity index (χ4v) is 6.66. The molecule has 3 aliphatic heterocycles. The van der Waals surface area contributed by atoms with Crippen LogP contribution in [0.3, 0.4) is 0 Å². The molecule has 1 saturated heterocycles. The molecule has 0 aliphatic carbocycles. The molecule has 10 nitrogen and oxygen atoms in total. The summed E-state index contributed by atoms with van der Waals surface area (Å²) in [5.74, 6) is -4.55. The largest absolute Gasteiger partial charge is 0.422 e. The number of nitrogens with one attached hydrogen (secondary N) is 1. The van der Waals surface area contributed by atoms with Gasteiger partial charge in [-0.25, -0.2) is 8.78 Å². The third-order valence-corrected chi connectivity index (χ3v) is 8.94. The number of halogens is 6. The van der Waals surface area contributed by atoms with Crippen LogP contribution in [0.15, 0.2) is 52.5 Å². The van der Waals surface area contributed by atoms with Crippen LogP contribution in [0.25, 0.3) is 11.1 Å². The summed E-state index contributed by atoms with van der Waals surface area (Å²) >= 11 is 6.55. The summed E-state index contributed by atoms with van der Waals surface area (Å²) in [5, 5.41) is 6.23. The van der Waals surface area contributed by atoms with Gasteiger partial charge in [-0.3, -0.25) is 24.2 Å². The highest BCUT2D eigenvalue weighted by Gasteiger charge is 2.51. The number of nitrogens with two attached hydrogens (primary N) is 2. The number of nitrogens with zero attached hydrogens (tertiary/aromatic N) is 3. The molecule has 17 heteroatoms. The van der Waals surface area contributed by atoms with E-state index in [0.29, 0.717) is 11.8 Å². The van der Waals surface area contributed by atoms with E-state index in [2.05, 4.69) is 10.4 Å². The molecule has 0 radical (unpaired) electrons. The van der Waals surface area contributed by atoms with Crippen molar-refractivity contribution >= 4 is 58.4 Å². The molecule has 3 aliphatic rings. The Kier molecular flexibility index (Phi) is 8.33. The van der Waals surface area contributed by atoms with Gasteiger partial charge >= 0.3 is 6.18 Å². The number of fused-ring (bicyclic) bond motifs is 1. The van der Waals surface area contributed by atoms with E-state index < -0.39 is 83.5 Å². The van der Waals surface area contributed by atoms with Gasteiger partial charge in [0, 0.05) is 28.1 Å². The molecule has 2 aromatic carbocycles. The van der Waals surface area contributed by atoms with Gasteiger partial charge in [-0.15, -0.1) is 11.8 Å². The van der Waals surface area contributed by atoms with Crippen molar-refractivity contribution in [3.63, 3.8) is 0 Å². The van der Waals surface area contributed by atoms with Crippen LogP contribution in [0.2, 0.25) is 5.02 Å². The van der Waals surface area contributed by atoms with Crippen molar-refractivity contribution < 1.29 is 41.1 Å². The van der Waals surface area contributed by atoms with Crippen molar-refractivity contribution in [2.45, 2.75) is 36.1 Å². The Balaban J connectivity index is 1.35. The first kappa shape index (κ1) is 31.3. The number of carbonyl (C=O) groups is 4. The van der Waals surface area contributed by atoms with Gasteiger partial charge in [-0.05, 0) is 30.3 Å². The van der Waals surface area contributed by atoms with Gasteiger partial charge in [0.2, 0.25) is 17.7 Å². The van der Waals surface area contributed by atoms with E-state index in [0.717, 1.165) is 16.0 Å². The average molecular weight is 657 g/mol. The SMILES string of the molecule is NC(=O)C1=NN(CC(=O)N2C[C@H](F)C[C@H]2C(=O)Nc2cccc(-c3cc(C(N)=O)ccc3Cl)c2F)C2C=C(C(F)(F)F)SC12. The van der Waals surface area contributed by atoms with Crippen LogP contribution in [-0.4, -0.2) is 82.0 Å². The predicted octanol–water partition coefficient (Wildman–Crippen LogP) is 3.21. The molecule has 0 saturated carbocycles. The van der Waals surface area contributed by atoms with Crippen molar-refractivity contribution in [2.75, 3.05) is 18.4 Å². The Hall–Kier alpha value is -4.18. The molecular weight excluding hydrogens is 635 g/mol. The lowest BCUT2D eigenvalue weighted by Gasteiger charge is -2.27. The van der Waals surface area contributed by atoms with Crippen LogP contribution in [0.4, 0.5) is 27.6 Å². The first-order chi connectivity index (χ1) is 20.6. The molecule has 3 heterocycles. The number of hydrogen-bond acceptors (Lipinski definition) is 7. The molecule has 0 aromatic heterocycles. The van der Waals surface area contributed by atoms with Crippen LogP contribution in [0.1, 0.15) is 16.8 Å². The molecule has 2 unspecified atom stereocenters. The van der Waals surface area contributed by atoms with Crippen molar-refractivity contribution in [2.24, 2.45) is 16.6 Å². The molecule has 44 heavy (non-hydrogen) atoms. The summed E-state index contributed by atoms with van der Waals surface area (Å²) in [6.07, 6.45) is -5.93. The van der Waals surface area contributed by atoms with Crippen LogP contribution in [0, 0.1) is 5.82 Å². The fourth-order valence-electron chi connectivity index (χ4n) is 5.18. The second-order valence-electron chi connectivity index (χ2n) is 10.1. The summed E-state index contributed by atoms with van der Waals surface area (Å²) in [5.41, 5.74) is 10.0. The molecule has 0 bridgehead atoms. The number of likely N-dealkylation sites (tertiary alicyclic amines) is 1. The monoisotopic (exact) mass is 656 g/mol. The molecule has 0 spiro atoms. The van der Waals surface area contributed by atoms with E-state index in [9.17, 15) is 36.7 Å². The van der Waals surface area contributed by atoms with Gasteiger partial charge in [0.05, 0.1) is 28.4 Å². The molecule has 4 amide bonds. The van der Waals surface area contributed by atoms with E-state index >= 15 is 4.39 Å². The Morgan fingerprint density at radius 3 is 2.48 bits per heavy atom. The maximum atomic E-state index is 15.6. The Labute approximate surface area is 255 Å². The highest BCUT2D eigenvalue weighted by molar-refractivity contribution is 8.04. The van der Waals surface area contributed by atoms with Crippen molar-refractivity contribution in [3.8, 4) is 11.1 Å². The van der Waals surface area contributed by atoms with E-state index in [-0.39, 0.29) is 33.1 Å². The Bertz CT molecular complexity index is 1640. The lowest BCUT2D eigenvalue weighted by molar-refractivity contribution is -0.137. The lowest BCUT2D eigenvalue weighted by Crippen LogP contribution is -2.47. The summed E-state index contributed by atoms with van der Waals surface area (Å²) < 4.78 is 70.1. The third-order valence-electron chi connectivity index (χ3n) is 7.24. The van der Waals surface area contributed by atoms with Crippen molar-refractivity contribution in [1.82, 2.24) is 9.91 Å². The normalized spacial score (nSPS) is 22.9.